The second-order valence-electron chi connectivity index (χ2n) is 9.02. The quantitative estimate of drug-likeness (QED) is 0.345. The topological polar surface area (TPSA) is 96.7 Å². The fraction of sp³-hybridized carbons (Fsp3) is 0.172. The molecule has 4 heterocycles. The number of piperazine rings is 1. The highest BCUT2D eigenvalue weighted by Gasteiger charge is 2.18. The second-order valence-corrected chi connectivity index (χ2v) is 9.02. The number of carbonyl (C=O) groups excluding carboxylic acids is 1. The van der Waals surface area contributed by atoms with Crippen molar-refractivity contribution in [3.63, 3.8) is 0 Å². The first-order valence-electron chi connectivity index (χ1n) is 12.6. The van der Waals surface area contributed by atoms with Gasteiger partial charge < -0.3 is 20.3 Å². The Labute approximate surface area is 220 Å². The molecule has 0 atom stereocenters. The minimum Gasteiger partial charge on any atom is -0.489 e. The lowest BCUT2D eigenvalue weighted by molar-refractivity contribution is 0.102. The van der Waals surface area contributed by atoms with Crippen LogP contribution in [0.4, 0.5) is 11.4 Å². The van der Waals surface area contributed by atoms with E-state index in [-0.39, 0.29) is 5.91 Å². The Morgan fingerprint density at radius 1 is 0.974 bits per heavy atom. The molecule has 0 unspecified atom stereocenters. The molecule has 1 amide bonds. The molecular formula is C29H27N7O2. The van der Waals surface area contributed by atoms with E-state index in [1.54, 1.807) is 35.4 Å². The van der Waals surface area contributed by atoms with Gasteiger partial charge in [0.1, 0.15) is 18.1 Å². The van der Waals surface area contributed by atoms with Crippen LogP contribution in [0, 0.1) is 0 Å². The summed E-state index contributed by atoms with van der Waals surface area (Å²) in [5, 5.41) is 10.8. The standard InChI is InChI=1S/C29H27N7O2/c37-29(34-25-5-1-2-6-27(25)35-16-13-30-14-17-35)26-11-15-36-28(33-26)24(19-32-36)22-7-9-23(10-8-22)38-20-21-4-3-12-31-18-21/h1-12,15,18-19,30H,13-14,16-17,20H2,(H,34,37). The third kappa shape index (κ3) is 5.05. The average molecular weight is 506 g/mol. The van der Waals surface area contributed by atoms with E-state index in [9.17, 15) is 4.79 Å². The largest absolute Gasteiger partial charge is 0.489 e. The lowest BCUT2D eigenvalue weighted by Gasteiger charge is -2.31. The van der Waals surface area contributed by atoms with Gasteiger partial charge in [-0.25, -0.2) is 9.50 Å². The molecule has 1 aliphatic rings. The summed E-state index contributed by atoms with van der Waals surface area (Å²) >= 11 is 0. The van der Waals surface area contributed by atoms with E-state index in [0.717, 1.165) is 60.0 Å². The van der Waals surface area contributed by atoms with Gasteiger partial charge in [-0.3, -0.25) is 9.78 Å². The van der Waals surface area contributed by atoms with E-state index in [1.165, 1.54) is 0 Å². The summed E-state index contributed by atoms with van der Waals surface area (Å²) in [5.41, 5.74) is 5.49. The van der Waals surface area contributed by atoms with Crippen molar-refractivity contribution in [2.45, 2.75) is 6.61 Å². The van der Waals surface area contributed by atoms with E-state index in [1.807, 2.05) is 60.7 Å². The van der Waals surface area contributed by atoms with Crippen LogP contribution in [-0.2, 0) is 6.61 Å². The lowest BCUT2D eigenvalue weighted by atomic mass is 10.1. The molecule has 5 aromatic rings. The maximum Gasteiger partial charge on any atom is 0.274 e. The number of para-hydroxylation sites is 2. The van der Waals surface area contributed by atoms with Gasteiger partial charge in [0.05, 0.1) is 17.6 Å². The molecule has 3 aromatic heterocycles. The molecular weight excluding hydrogens is 478 g/mol. The summed E-state index contributed by atoms with van der Waals surface area (Å²) in [4.78, 5) is 24.3. The number of hydrogen-bond donors (Lipinski definition) is 2. The number of aromatic nitrogens is 4. The second kappa shape index (κ2) is 10.7. The number of pyridine rings is 1. The molecule has 9 heteroatoms. The van der Waals surface area contributed by atoms with Crippen molar-refractivity contribution >= 4 is 22.9 Å². The zero-order valence-electron chi connectivity index (χ0n) is 20.7. The number of nitrogens with one attached hydrogen (secondary N) is 2. The number of amides is 1. The molecule has 0 spiro atoms. The number of anilines is 2. The summed E-state index contributed by atoms with van der Waals surface area (Å²) in [6.07, 6.45) is 7.05. The van der Waals surface area contributed by atoms with Crippen molar-refractivity contribution in [1.29, 1.82) is 0 Å². The third-order valence-electron chi connectivity index (χ3n) is 6.51. The maximum atomic E-state index is 13.2. The summed E-state index contributed by atoms with van der Waals surface area (Å²) in [5.74, 6) is 0.492. The van der Waals surface area contributed by atoms with Gasteiger partial charge in [-0.2, -0.15) is 5.10 Å². The van der Waals surface area contributed by atoms with Gasteiger partial charge in [0.15, 0.2) is 5.65 Å². The molecule has 2 aromatic carbocycles. The van der Waals surface area contributed by atoms with E-state index in [4.69, 9.17) is 4.74 Å². The van der Waals surface area contributed by atoms with Gasteiger partial charge in [0, 0.05) is 55.9 Å². The van der Waals surface area contributed by atoms with Crippen LogP contribution in [0.5, 0.6) is 5.75 Å². The van der Waals surface area contributed by atoms with Gasteiger partial charge in [0.2, 0.25) is 0 Å². The minimum atomic E-state index is -0.263. The van der Waals surface area contributed by atoms with Crippen LogP contribution in [0.15, 0.2) is 91.5 Å². The van der Waals surface area contributed by atoms with Gasteiger partial charge in [0.25, 0.3) is 5.91 Å². The Kier molecular flexibility index (Phi) is 6.65. The molecule has 0 bridgehead atoms. The number of fused-ring (bicyclic) bond motifs is 1. The SMILES string of the molecule is O=C(Nc1ccccc1N1CCNCC1)c1ccn2ncc(-c3ccc(OCc4cccnc4)cc3)c2n1. The molecule has 1 saturated heterocycles. The zero-order valence-corrected chi connectivity index (χ0v) is 20.7. The van der Waals surface area contributed by atoms with Crippen LogP contribution in [0.2, 0.25) is 0 Å². The van der Waals surface area contributed by atoms with Gasteiger partial charge in [-0.1, -0.05) is 30.3 Å². The summed E-state index contributed by atoms with van der Waals surface area (Å²) in [6.45, 7) is 4.07. The van der Waals surface area contributed by atoms with Crippen molar-refractivity contribution in [1.82, 2.24) is 24.9 Å². The van der Waals surface area contributed by atoms with Crippen molar-refractivity contribution in [3.8, 4) is 16.9 Å². The zero-order chi connectivity index (χ0) is 25.7. The summed E-state index contributed by atoms with van der Waals surface area (Å²) in [6, 6.07) is 21.2. The minimum absolute atomic E-state index is 0.263. The Hall–Kier alpha value is -4.76. The fourth-order valence-corrected chi connectivity index (χ4v) is 4.53. The molecule has 2 N–H and O–H groups in total. The molecule has 9 nitrogen and oxygen atoms in total. The highest BCUT2D eigenvalue weighted by Crippen LogP contribution is 2.28. The first-order chi connectivity index (χ1) is 18.7. The summed E-state index contributed by atoms with van der Waals surface area (Å²) < 4.78 is 7.55. The molecule has 6 rings (SSSR count). The highest BCUT2D eigenvalue weighted by molar-refractivity contribution is 6.05. The van der Waals surface area contributed by atoms with Crippen molar-refractivity contribution in [2.24, 2.45) is 0 Å². The molecule has 0 radical (unpaired) electrons. The third-order valence-corrected chi connectivity index (χ3v) is 6.51. The number of hydrogen-bond acceptors (Lipinski definition) is 7. The number of ether oxygens (including phenoxy) is 1. The average Bonchev–Trinajstić information content (AvgIpc) is 3.41. The van der Waals surface area contributed by atoms with Crippen LogP contribution >= 0.6 is 0 Å². The van der Waals surface area contributed by atoms with Gasteiger partial charge in [-0.05, 0) is 42.0 Å². The monoisotopic (exact) mass is 505 g/mol. The lowest BCUT2D eigenvalue weighted by Crippen LogP contribution is -2.43. The number of nitrogens with zero attached hydrogens (tertiary/aromatic N) is 5. The molecule has 190 valence electrons. The van der Waals surface area contributed by atoms with Crippen molar-refractivity contribution in [3.05, 3.63) is 103 Å². The first kappa shape index (κ1) is 23.6. The van der Waals surface area contributed by atoms with Crippen LogP contribution in [0.3, 0.4) is 0 Å². The van der Waals surface area contributed by atoms with Crippen LogP contribution in [0.25, 0.3) is 16.8 Å². The van der Waals surface area contributed by atoms with Crippen molar-refractivity contribution in [2.75, 3.05) is 36.4 Å². The van der Waals surface area contributed by atoms with E-state index >= 15 is 0 Å². The van der Waals surface area contributed by atoms with Crippen LogP contribution in [0.1, 0.15) is 16.1 Å². The van der Waals surface area contributed by atoms with Gasteiger partial charge in [-0.15, -0.1) is 0 Å². The van der Waals surface area contributed by atoms with Crippen LogP contribution in [-0.4, -0.2) is 51.7 Å². The predicted octanol–water partition coefficient (Wildman–Crippen LogP) is 4.03. The van der Waals surface area contributed by atoms with E-state index < -0.39 is 0 Å². The normalized spacial score (nSPS) is 13.4. The molecule has 0 saturated carbocycles. The van der Waals surface area contributed by atoms with E-state index in [0.29, 0.717) is 17.9 Å². The Bertz CT molecular complexity index is 1540. The maximum absolute atomic E-state index is 13.2. The fourth-order valence-electron chi connectivity index (χ4n) is 4.53. The smallest absolute Gasteiger partial charge is 0.274 e. The summed E-state index contributed by atoms with van der Waals surface area (Å²) in [7, 11) is 0. The Balaban J connectivity index is 1.20. The first-order valence-corrected chi connectivity index (χ1v) is 12.6. The van der Waals surface area contributed by atoms with Crippen molar-refractivity contribution < 1.29 is 9.53 Å². The highest BCUT2D eigenvalue weighted by atomic mass is 16.5. The molecule has 1 fully saturated rings. The molecule has 1 aliphatic heterocycles. The van der Waals surface area contributed by atoms with Crippen LogP contribution < -0.4 is 20.3 Å². The Morgan fingerprint density at radius 3 is 2.63 bits per heavy atom. The molecule has 38 heavy (non-hydrogen) atoms. The predicted molar refractivity (Wildman–Crippen MR) is 146 cm³/mol. The molecule has 0 aliphatic carbocycles. The number of rotatable bonds is 7. The van der Waals surface area contributed by atoms with Gasteiger partial charge >= 0.3 is 0 Å². The number of carbonyl (C=O) groups is 1. The Morgan fingerprint density at radius 2 is 1.82 bits per heavy atom. The van der Waals surface area contributed by atoms with E-state index in [2.05, 4.69) is 30.6 Å². The number of benzene rings is 2.